The molecule has 0 bridgehead atoms. The molecule has 0 nitrogen and oxygen atoms in total. The minimum absolute atomic E-state index is 0. The van der Waals surface area contributed by atoms with Crippen molar-refractivity contribution in [2.45, 2.75) is 59.5 Å². The van der Waals surface area contributed by atoms with Crippen molar-refractivity contribution in [3.8, 4) is 0 Å². The average molecular weight is 434 g/mol. The van der Waals surface area contributed by atoms with E-state index in [1.807, 2.05) is 3.28 Å². The molecule has 0 aromatic heterocycles. The molecule has 2 aliphatic rings. The van der Waals surface area contributed by atoms with Gasteiger partial charge in [0.15, 0.2) is 0 Å². The third-order valence-corrected chi connectivity index (χ3v) is 12.3. The number of hydrogen-bond acceptors (Lipinski definition) is 0. The molecule has 0 aliphatic heterocycles. The second kappa shape index (κ2) is 10.5. The Labute approximate surface area is 160 Å². The molecule has 1 atom stereocenters. The molecule has 0 amide bonds. The zero-order chi connectivity index (χ0) is 14.7. The molecule has 0 saturated carbocycles. The molecule has 1 unspecified atom stereocenters. The molecule has 0 aromatic carbocycles. The van der Waals surface area contributed by atoms with E-state index in [2.05, 4.69) is 52.1 Å². The van der Waals surface area contributed by atoms with Crippen LogP contribution in [0, 0.1) is 5.92 Å². The van der Waals surface area contributed by atoms with E-state index in [9.17, 15) is 0 Å². The Hall–Kier alpha value is 0.640. The fourth-order valence-electron chi connectivity index (χ4n) is 3.64. The van der Waals surface area contributed by atoms with Crippen molar-refractivity contribution in [3.05, 3.63) is 43.8 Å². The second-order valence-electron chi connectivity index (χ2n) is 5.89. The van der Waals surface area contributed by atoms with E-state index in [4.69, 9.17) is 0 Å². The number of allylic oxidation sites excluding steroid dienone is 8. The van der Waals surface area contributed by atoms with Crippen LogP contribution in [-0.2, 0) is 21.9 Å². The van der Waals surface area contributed by atoms with Crippen LogP contribution in [0.3, 0.4) is 0 Å². The zero-order valence-electron chi connectivity index (χ0n) is 14.4. The smallest absolute Gasteiger partial charge is 1.00 e. The molecule has 2 rings (SSSR count). The van der Waals surface area contributed by atoms with Crippen LogP contribution in [0.5, 0.6) is 0 Å². The Bertz CT molecular complexity index is 549. The molecule has 0 spiro atoms. The van der Waals surface area contributed by atoms with Crippen LogP contribution in [0.2, 0.25) is 13.1 Å². The van der Waals surface area contributed by atoms with E-state index in [0.29, 0.717) is 0 Å². The van der Waals surface area contributed by atoms with Gasteiger partial charge in [0, 0.05) is 0 Å². The van der Waals surface area contributed by atoms with Crippen molar-refractivity contribution in [2.24, 2.45) is 5.92 Å². The van der Waals surface area contributed by atoms with Crippen LogP contribution >= 0.6 is 0 Å². The van der Waals surface area contributed by atoms with E-state index in [1.54, 1.807) is 22.3 Å². The molecule has 121 valence electrons. The predicted molar refractivity (Wildman–Crippen MR) is 87.7 cm³/mol. The number of rotatable bonds is 5. The van der Waals surface area contributed by atoms with Gasteiger partial charge in [-0.1, -0.05) is 0 Å². The first-order valence-electron chi connectivity index (χ1n) is 8.02. The maximum absolute atomic E-state index is 2.53. The van der Waals surface area contributed by atoms with E-state index in [0.717, 1.165) is 5.92 Å². The van der Waals surface area contributed by atoms with Crippen LogP contribution in [-0.4, -0.2) is 5.43 Å². The summed E-state index contributed by atoms with van der Waals surface area (Å²) < 4.78 is 1.96. The van der Waals surface area contributed by atoms with Crippen LogP contribution in [0.4, 0.5) is 0 Å². The van der Waals surface area contributed by atoms with E-state index in [1.165, 1.54) is 25.7 Å². The first-order valence-corrected chi connectivity index (χ1v) is 15.4. The largest absolute Gasteiger partial charge is 1.00 e. The number of halogens is 2. The number of hydrogen-bond donors (Lipinski definition) is 0. The van der Waals surface area contributed by atoms with Crippen molar-refractivity contribution >= 4 is 5.43 Å². The first kappa shape index (κ1) is 22.6. The molecule has 0 fully saturated rings. The van der Waals surface area contributed by atoms with Crippen molar-refractivity contribution in [2.75, 3.05) is 0 Å². The standard InChI is InChI=1S/C16H21.C2H6Si.2ClH.Zr/c1-4-12-11-16(13-9-7-8-10-13)15(6-3)14(12)5-2;1-3-2;;;/h7-9,16H,4-6,10H2,1-3H3;1-2H3;2*1H;/q;;;;+2/p-2. The molecule has 22 heavy (non-hydrogen) atoms. The Morgan fingerprint density at radius 2 is 1.68 bits per heavy atom. The molecular weight excluding hydrogens is 406 g/mol. The van der Waals surface area contributed by atoms with Gasteiger partial charge in [-0.3, -0.25) is 0 Å². The van der Waals surface area contributed by atoms with Crippen molar-refractivity contribution in [1.82, 2.24) is 0 Å². The molecular formula is C18H27Cl2SiZr. The quantitative estimate of drug-likeness (QED) is 0.519. The third-order valence-electron chi connectivity index (χ3n) is 4.36. The second-order valence-corrected chi connectivity index (χ2v) is 18.7. The normalized spacial score (nSPS) is 19.7. The summed E-state index contributed by atoms with van der Waals surface area (Å²) in [6, 6.07) is 0. The third kappa shape index (κ3) is 4.59. The first-order chi connectivity index (χ1) is 9.63. The van der Waals surface area contributed by atoms with Crippen LogP contribution < -0.4 is 24.8 Å². The minimum Gasteiger partial charge on any atom is -1.00 e. The summed E-state index contributed by atoms with van der Waals surface area (Å²) in [4.78, 5) is 0. The van der Waals surface area contributed by atoms with Gasteiger partial charge in [0.25, 0.3) is 0 Å². The summed E-state index contributed by atoms with van der Waals surface area (Å²) in [5.41, 5.74) is 6.95. The van der Waals surface area contributed by atoms with Gasteiger partial charge < -0.3 is 24.8 Å². The van der Waals surface area contributed by atoms with Gasteiger partial charge in [-0.05, 0) is 0 Å². The van der Waals surface area contributed by atoms with Gasteiger partial charge in [0.05, 0.1) is 0 Å². The molecule has 4 heteroatoms. The average Bonchev–Trinajstić information content (AvgIpc) is 3.02. The molecule has 0 radical (unpaired) electrons. The minimum atomic E-state index is -0.340. The Balaban J connectivity index is 0.00000220. The van der Waals surface area contributed by atoms with Crippen molar-refractivity contribution < 1.29 is 46.7 Å². The van der Waals surface area contributed by atoms with Crippen molar-refractivity contribution in [1.29, 1.82) is 0 Å². The van der Waals surface area contributed by atoms with Crippen LogP contribution in [0.15, 0.2) is 43.8 Å². The Morgan fingerprint density at radius 3 is 2.09 bits per heavy atom. The van der Waals surface area contributed by atoms with Gasteiger partial charge in [0.2, 0.25) is 0 Å². The summed E-state index contributed by atoms with van der Waals surface area (Å²) >= 11 is -0.340. The summed E-state index contributed by atoms with van der Waals surface area (Å²) in [5, 5.41) is 0. The van der Waals surface area contributed by atoms with E-state index in [-0.39, 0.29) is 52.1 Å². The maximum atomic E-state index is 2.53. The van der Waals surface area contributed by atoms with Crippen LogP contribution in [0.25, 0.3) is 0 Å². The summed E-state index contributed by atoms with van der Waals surface area (Å²) in [7, 11) is 0. The van der Waals surface area contributed by atoms with E-state index >= 15 is 0 Å². The predicted octanol–water partition coefficient (Wildman–Crippen LogP) is -0.375. The fourth-order valence-corrected chi connectivity index (χ4v) is 12.3. The zero-order valence-corrected chi connectivity index (χ0v) is 19.4. The van der Waals surface area contributed by atoms with Crippen LogP contribution in [0.1, 0.15) is 46.5 Å². The molecule has 0 aromatic rings. The monoisotopic (exact) mass is 431 g/mol. The Morgan fingerprint density at radius 1 is 1.05 bits per heavy atom. The van der Waals surface area contributed by atoms with Crippen molar-refractivity contribution in [3.63, 3.8) is 0 Å². The summed E-state index contributed by atoms with van der Waals surface area (Å²) in [6.45, 7) is 12.2. The molecule has 0 saturated heterocycles. The maximum Gasteiger partial charge on any atom is -1.00 e. The van der Waals surface area contributed by atoms with Gasteiger partial charge in [0.1, 0.15) is 0 Å². The topological polar surface area (TPSA) is 0 Å². The Kier molecular flexibility index (Phi) is 10.8. The summed E-state index contributed by atoms with van der Waals surface area (Å²) in [5.74, 6) is 0.728. The van der Waals surface area contributed by atoms with Gasteiger partial charge in [-0.25, -0.2) is 0 Å². The van der Waals surface area contributed by atoms with E-state index < -0.39 is 0 Å². The fraction of sp³-hybridized carbons (Fsp3) is 0.556. The molecule has 0 heterocycles. The van der Waals surface area contributed by atoms with Gasteiger partial charge >= 0.3 is 137 Å². The molecule has 2 aliphatic carbocycles. The molecule has 0 N–H and O–H groups in total. The summed E-state index contributed by atoms with van der Waals surface area (Å²) in [6.07, 6.45) is 11.9. The van der Waals surface area contributed by atoms with Gasteiger partial charge in [-0.2, -0.15) is 0 Å². The SMILES string of the molecule is CCC1=C(CC)C(C2=CC=CC2)[C]([Zr+2]=[Si](C)C)=C1CC.[Cl-].[Cl-]. The van der Waals surface area contributed by atoms with Gasteiger partial charge in [-0.15, -0.1) is 0 Å².